The standard InChI is InChI=1S/C18H23FN2/c1-13-11-17(16(20)12-15(13)19)21-18(2,3)10-9-14-7-5-4-6-8-14/h4-8,11-12,21H,9-10,20H2,1-3H3. The third-order valence-electron chi connectivity index (χ3n) is 3.69. The maximum Gasteiger partial charge on any atom is 0.128 e. The Hall–Kier alpha value is -2.03. The average Bonchev–Trinajstić information content (AvgIpc) is 2.44. The van der Waals surface area contributed by atoms with Gasteiger partial charge in [0.25, 0.3) is 0 Å². The highest BCUT2D eigenvalue weighted by Gasteiger charge is 2.19. The molecule has 3 heteroatoms. The van der Waals surface area contributed by atoms with Crippen molar-refractivity contribution in [2.45, 2.75) is 39.2 Å². The highest BCUT2D eigenvalue weighted by Crippen LogP contribution is 2.27. The Kier molecular flexibility index (Phi) is 4.51. The molecule has 0 spiro atoms. The van der Waals surface area contributed by atoms with E-state index in [0.29, 0.717) is 11.3 Å². The maximum atomic E-state index is 13.5. The number of nitrogens with two attached hydrogens (primary N) is 1. The van der Waals surface area contributed by atoms with Crippen LogP contribution < -0.4 is 11.1 Å². The largest absolute Gasteiger partial charge is 0.397 e. The topological polar surface area (TPSA) is 38.0 Å². The Balaban J connectivity index is 2.05. The molecule has 0 aliphatic heterocycles. The van der Waals surface area contributed by atoms with Gasteiger partial charge >= 0.3 is 0 Å². The Morgan fingerprint density at radius 2 is 1.81 bits per heavy atom. The normalized spacial score (nSPS) is 11.4. The first-order valence-corrected chi connectivity index (χ1v) is 7.25. The van der Waals surface area contributed by atoms with E-state index in [9.17, 15) is 4.39 Å². The van der Waals surface area contributed by atoms with Crippen molar-refractivity contribution in [2.75, 3.05) is 11.1 Å². The number of hydrogen-bond acceptors (Lipinski definition) is 2. The van der Waals surface area contributed by atoms with Gasteiger partial charge in [-0.05, 0) is 56.9 Å². The minimum absolute atomic E-state index is 0.117. The molecule has 0 fully saturated rings. The molecule has 2 nitrogen and oxygen atoms in total. The van der Waals surface area contributed by atoms with Crippen LogP contribution in [0.25, 0.3) is 0 Å². The maximum absolute atomic E-state index is 13.5. The van der Waals surface area contributed by atoms with E-state index >= 15 is 0 Å². The number of benzene rings is 2. The summed E-state index contributed by atoms with van der Waals surface area (Å²) in [6.07, 6.45) is 1.95. The van der Waals surface area contributed by atoms with Crippen LogP contribution in [-0.2, 0) is 6.42 Å². The van der Waals surface area contributed by atoms with E-state index in [1.807, 2.05) is 6.07 Å². The van der Waals surface area contributed by atoms with Crippen molar-refractivity contribution < 1.29 is 4.39 Å². The Labute approximate surface area is 126 Å². The lowest BCUT2D eigenvalue weighted by Gasteiger charge is -2.28. The molecule has 0 heterocycles. The van der Waals surface area contributed by atoms with Crippen molar-refractivity contribution in [3.63, 3.8) is 0 Å². The van der Waals surface area contributed by atoms with E-state index in [1.54, 1.807) is 13.0 Å². The van der Waals surface area contributed by atoms with Crippen LogP contribution in [0, 0.1) is 12.7 Å². The number of nitrogen functional groups attached to an aromatic ring is 1. The van der Waals surface area contributed by atoms with Gasteiger partial charge in [0.05, 0.1) is 11.4 Å². The molecule has 21 heavy (non-hydrogen) atoms. The minimum Gasteiger partial charge on any atom is -0.397 e. The number of hydrogen-bond donors (Lipinski definition) is 2. The van der Waals surface area contributed by atoms with Crippen LogP contribution >= 0.6 is 0 Å². The fourth-order valence-electron chi connectivity index (χ4n) is 2.33. The summed E-state index contributed by atoms with van der Waals surface area (Å²) in [5.74, 6) is -0.264. The zero-order valence-corrected chi connectivity index (χ0v) is 12.9. The van der Waals surface area contributed by atoms with Gasteiger partial charge in [-0.15, -0.1) is 0 Å². The molecule has 2 aromatic carbocycles. The van der Waals surface area contributed by atoms with Crippen LogP contribution in [0.4, 0.5) is 15.8 Å². The molecule has 0 bridgehead atoms. The summed E-state index contributed by atoms with van der Waals surface area (Å²) in [4.78, 5) is 0. The molecule has 2 aromatic rings. The van der Waals surface area contributed by atoms with Gasteiger partial charge in [-0.3, -0.25) is 0 Å². The SMILES string of the molecule is Cc1cc(NC(C)(C)CCc2ccccc2)c(N)cc1F. The molecule has 0 radical (unpaired) electrons. The number of halogens is 1. The molecule has 0 atom stereocenters. The Morgan fingerprint density at radius 1 is 1.14 bits per heavy atom. The van der Waals surface area contributed by atoms with Gasteiger partial charge in [0, 0.05) is 5.54 Å². The smallest absolute Gasteiger partial charge is 0.128 e. The molecule has 0 aliphatic rings. The number of rotatable bonds is 5. The van der Waals surface area contributed by atoms with Crippen LogP contribution in [0.5, 0.6) is 0 Å². The van der Waals surface area contributed by atoms with E-state index in [-0.39, 0.29) is 11.4 Å². The molecule has 112 valence electrons. The van der Waals surface area contributed by atoms with Crippen molar-refractivity contribution in [2.24, 2.45) is 0 Å². The Bertz CT molecular complexity index is 606. The second kappa shape index (κ2) is 6.17. The second-order valence-corrected chi connectivity index (χ2v) is 6.18. The number of aryl methyl sites for hydroxylation is 2. The van der Waals surface area contributed by atoms with Crippen molar-refractivity contribution in [3.8, 4) is 0 Å². The van der Waals surface area contributed by atoms with Crippen LogP contribution in [0.1, 0.15) is 31.4 Å². The molecular weight excluding hydrogens is 263 g/mol. The molecule has 0 aliphatic carbocycles. The van der Waals surface area contributed by atoms with E-state index in [1.165, 1.54) is 11.6 Å². The third-order valence-corrected chi connectivity index (χ3v) is 3.69. The van der Waals surface area contributed by atoms with Gasteiger partial charge in [0.2, 0.25) is 0 Å². The van der Waals surface area contributed by atoms with Gasteiger partial charge in [0.1, 0.15) is 5.82 Å². The zero-order chi connectivity index (χ0) is 15.5. The Morgan fingerprint density at radius 3 is 2.48 bits per heavy atom. The summed E-state index contributed by atoms with van der Waals surface area (Å²) in [7, 11) is 0. The lowest BCUT2D eigenvalue weighted by Crippen LogP contribution is -2.31. The van der Waals surface area contributed by atoms with Gasteiger partial charge in [-0.2, -0.15) is 0 Å². The first-order chi connectivity index (χ1) is 9.87. The molecule has 2 rings (SSSR count). The van der Waals surface area contributed by atoms with Crippen molar-refractivity contribution in [1.82, 2.24) is 0 Å². The second-order valence-electron chi connectivity index (χ2n) is 6.18. The first-order valence-electron chi connectivity index (χ1n) is 7.25. The summed E-state index contributed by atoms with van der Waals surface area (Å²) >= 11 is 0. The van der Waals surface area contributed by atoms with Gasteiger partial charge in [-0.25, -0.2) is 4.39 Å². The lowest BCUT2D eigenvalue weighted by atomic mass is 9.94. The summed E-state index contributed by atoms with van der Waals surface area (Å²) in [6, 6.07) is 13.5. The highest BCUT2D eigenvalue weighted by atomic mass is 19.1. The monoisotopic (exact) mass is 286 g/mol. The fourth-order valence-corrected chi connectivity index (χ4v) is 2.33. The molecule has 0 unspecified atom stereocenters. The highest BCUT2D eigenvalue weighted by molar-refractivity contribution is 5.68. The van der Waals surface area contributed by atoms with Crippen molar-refractivity contribution in [1.29, 1.82) is 0 Å². The quantitative estimate of drug-likeness (QED) is 0.792. The van der Waals surface area contributed by atoms with E-state index in [2.05, 4.69) is 43.4 Å². The predicted octanol–water partition coefficient (Wildman–Crippen LogP) is 4.54. The summed E-state index contributed by atoms with van der Waals surface area (Å²) in [5.41, 5.74) is 8.95. The summed E-state index contributed by atoms with van der Waals surface area (Å²) in [5, 5.41) is 3.43. The van der Waals surface area contributed by atoms with E-state index in [4.69, 9.17) is 5.73 Å². The van der Waals surface area contributed by atoms with Crippen LogP contribution in [0.2, 0.25) is 0 Å². The van der Waals surface area contributed by atoms with Crippen molar-refractivity contribution in [3.05, 3.63) is 59.4 Å². The molecular formula is C18H23FN2. The molecule has 3 N–H and O–H groups in total. The number of anilines is 2. The van der Waals surface area contributed by atoms with Gasteiger partial charge in [-0.1, -0.05) is 30.3 Å². The zero-order valence-electron chi connectivity index (χ0n) is 12.9. The van der Waals surface area contributed by atoms with Crippen molar-refractivity contribution >= 4 is 11.4 Å². The molecule has 0 saturated carbocycles. The number of nitrogens with one attached hydrogen (secondary N) is 1. The van der Waals surface area contributed by atoms with E-state index < -0.39 is 0 Å². The van der Waals surface area contributed by atoms with Crippen LogP contribution in [0.15, 0.2) is 42.5 Å². The fraction of sp³-hybridized carbons (Fsp3) is 0.333. The molecule has 0 saturated heterocycles. The predicted molar refractivity (Wildman–Crippen MR) is 88.0 cm³/mol. The van der Waals surface area contributed by atoms with Crippen LogP contribution in [-0.4, -0.2) is 5.54 Å². The van der Waals surface area contributed by atoms with Gasteiger partial charge in [0.15, 0.2) is 0 Å². The third kappa shape index (κ3) is 4.22. The summed E-state index contributed by atoms with van der Waals surface area (Å²) in [6.45, 7) is 6.01. The molecule has 0 aromatic heterocycles. The van der Waals surface area contributed by atoms with Crippen LogP contribution in [0.3, 0.4) is 0 Å². The average molecular weight is 286 g/mol. The molecule has 0 amide bonds. The summed E-state index contributed by atoms with van der Waals surface area (Å²) < 4.78 is 13.5. The minimum atomic E-state index is -0.264. The first kappa shape index (κ1) is 15.4. The lowest BCUT2D eigenvalue weighted by molar-refractivity contribution is 0.518. The van der Waals surface area contributed by atoms with E-state index in [0.717, 1.165) is 18.5 Å². The van der Waals surface area contributed by atoms with Gasteiger partial charge < -0.3 is 11.1 Å².